The second kappa shape index (κ2) is 6.90. The van der Waals surface area contributed by atoms with Crippen molar-refractivity contribution in [3.63, 3.8) is 0 Å². The lowest BCUT2D eigenvalue weighted by molar-refractivity contribution is -0.131. The van der Waals surface area contributed by atoms with Gasteiger partial charge in [0.15, 0.2) is 5.76 Å². The molecule has 0 aliphatic carbocycles. The predicted octanol–water partition coefficient (Wildman–Crippen LogP) is 2.93. The number of thiophene rings is 1. The van der Waals surface area contributed by atoms with Gasteiger partial charge in [-0.05, 0) is 35.2 Å². The van der Waals surface area contributed by atoms with Gasteiger partial charge in [0.25, 0.3) is 5.91 Å². The Morgan fingerprint density at radius 2 is 2.24 bits per heavy atom. The van der Waals surface area contributed by atoms with Crippen molar-refractivity contribution >= 4 is 29.3 Å². The molecule has 0 aliphatic heterocycles. The largest absolute Gasteiger partial charge is 0.478 e. The molecule has 2 heterocycles. The number of hydrogen-bond acceptors (Lipinski definition) is 4. The van der Waals surface area contributed by atoms with Gasteiger partial charge < -0.3 is 14.8 Å². The maximum atomic E-state index is 11.9. The van der Waals surface area contributed by atoms with Crippen LogP contribution in [0.4, 0.5) is 0 Å². The zero-order valence-electron chi connectivity index (χ0n) is 11.5. The van der Waals surface area contributed by atoms with Crippen LogP contribution in [0.5, 0.6) is 0 Å². The number of carboxylic acids is 1. The number of carbonyl (C=O) groups excluding carboxylic acids is 1. The molecule has 0 fully saturated rings. The zero-order chi connectivity index (χ0) is 15.2. The molecule has 0 aromatic carbocycles. The van der Waals surface area contributed by atoms with Gasteiger partial charge in [0.1, 0.15) is 5.76 Å². The number of hydrogen-bond donors (Lipinski definition) is 2. The summed E-state index contributed by atoms with van der Waals surface area (Å²) in [6, 6.07) is 5.28. The number of amides is 1. The molecular weight excluding hydrogens is 290 g/mol. The van der Waals surface area contributed by atoms with Crippen LogP contribution in [0.25, 0.3) is 6.08 Å². The first-order valence-electron chi connectivity index (χ1n) is 6.44. The Hall–Kier alpha value is -2.34. The fraction of sp³-hybridized carbons (Fsp3) is 0.200. The minimum atomic E-state index is -0.986. The van der Waals surface area contributed by atoms with E-state index in [4.69, 9.17) is 9.52 Å². The van der Waals surface area contributed by atoms with Crippen molar-refractivity contribution < 1.29 is 19.1 Å². The van der Waals surface area contributed by atoms with Crippen LogP contribution >= 0.6 is 11.3 Å². The highest BCUT2D eigenvalue weighted by atomic mass is 32.1. The van der Waals surface area contributed by atoms with Crippen LogP contribution in [0.1, 0.15) is 33.7 Å². The van der Waals surface area contributed by atoms with Crippen LogP contribution in [-0.2, 0) is 17.8 Å². The molecule has 0 spiro atoms. The molecule has 110 valence electrons. The molecule has 0 radical (unpaired) electrons. The van der Waals surface area contributed by atoms with Crippen molar-refractivity contribution in [2.45, 2.75) is 19.9 Å². The molecule has 0 unspecified atom stereocenters. The molecule has 0 atom stereocenters. The van der Waals surface area contributed by atoms with E-state index >= 15 is 0 Å². The molecule has 6 heteroatoms. The molecular formula is C15H15NO4S. The topological polar surface area (TPSA) is 79.5 Å². The van der Waals surface area contributed by atoms with Crippen molar-refractivity contribution in [1.29, 1.82) is 0 Å². The first-order chi connectivity index (χ1) is 10.1. The summed E-state index contributed by atoms with van der Waals surface area (Å²) in [5.41, 5.74) is 0.804. The Bertz CT molecular complexity index is 669. The summed E-state index contributed by atoms with van der Waals surface area (Å²) in [5.74, 6) is -0.168. The molecule has 1 amide bonds. The maximum Gasteiger partial charge on any atom is 0.328 e. The van der Waals surface area contributed by atoms with Crippen molar-refractivity contribution in [1.82, 2.24) is 5.32 Å². The van der Waals surface area contributed by atoms with Gasteiger partial charge in [-0.2, -0.15) is 0 Å². The highest BCUT2D eigenvalue weighted by Crippen LogP contribution is 2.16. The summed E-state index contributed by atoms with van der Waals surface area (Å²) in [5, 5.41) is 13.2. The highest BCUT2D eigenvalue weighted by molar-refractivity contribution is 7.10. The third kappa shape index (κ3) is 4.32. The van der Waals surface area contributed by atoms with Crippen LogP contribution in [0.3, 0.4) is 0 Å². The summed E-state index contributed by atoms with van der Waals surface area (Å²) in [6.45, 7) is 2.34. The van der Waals surface area contributed by atoms with Crippen molar-refractivity contribution in [2.24, 2.45) is 0 Å². The minimum absolute atomic E-state index is 0.259. The van der Waals surface area contributed by atoms with E-state index < -0.39 is 5.97 Å². The Kier molecular flexibility index (Phi) is 4.94. The number of aliphatic carboxylic acids is 1. The predicted molar refractivity (Wildman–Crippen MR) is 80.2 cm³/mol. The van der Waals surface area contributed by atoms with Gasteiger partial charge in [0, 0.05) is 17.4 Å². The maximum absolute atomic E-state index is 11.9. The minimum Gasteiger partial charge on any atom is -0.478 e. The molecule has 0 saturated heterocycles. The van der Waals surface area contributed by atoms with Crippen LogP contribution < -0.4 is 5.32 Å². The fourth-order valence-electron chi connectivity index (χ4n) is 1.69. The molecule has 21 heavy (non-hydrogen) atoms. The average molecular weight is 305 g/mol. The first kappa shape index (κ1) is 15.1. The smallest absolute Gasteiger partial charge is 0.328 e. The number of nitrogens with one attached hydrogen (secondary N) is 1. The highest BCUT2D eigenvalue weighted by Gasteiger charge is 2.10. The molecule has 5 nitrogen and oxygen atoms in total. The van der Waals surface area contributed by atoms with Crippen LogP contribution in [-0.4, -0.2) is 17.0 Å². The van der Waals surface area contributed by atoms with Gasteiger partial charge in [-0.25, -0.2) is 4.79 Å². The lowest BCUT2D eigenvalue weighted by atomic mass is 10.3. The molecule has 2 rings (SSSR count). The molecule has 0 aliphatic rings. The van der Waals surface area contributed by atoms with Crippen molar-refractivity contribution in [2.75, 3.05) is 0 Å². The van der Waals surface area contributed by atoms with E-state index in [0.717, 1.165) is 28.7 Å². The summed E-state index contributed by atoms with van der Waals surface area (Å²) < 4.78 is 5.37. The van der Waals surface area contributed by atoms with Gasteiger partial charge >= 0.3 is 5.97 Å². The number of furan rings is 1. The summed E-state index contributed by atoms with van der Waals surface area (Å²) in [6.07, 6.45) is 3.35. The second-order valence-electron chi connectivity index (χ2n) is 4.32. The third-order valence-electron chi connectivity index (χ3n) is 2.75. The Labute approximate surface area is 125 Å². The fourth-order valence-corrected chi connectivity index (χ4v) is 2.48. The molecule has 0 saturated carbocycles. The van der Waals surface area contributed by atoms with E-state index in [9.17, 15) is 9.59 Å². The Balaban J connectivity index is 1.90. The molecule has 2 aromatic heterocycles. The van der Waals surface area contributed by atoms with Gasteiger partial charge in [0.05, 0.1) is 6.54 Å². The average Bonchev–Trinajstić information content (AvgIpc) is 3.11. The van der Waals surface area contributed by atoms with E-state index in [0.29, 0.717) is 12.3 Å². The van der Waals surface area contributed by atoms with Gasteiger partial charge in [-0.15, -0.1) is 11.3 Å². The lowest BCUT2D eigenvalue weighted by Crippen LogP contribution is -2.21. The van der Waals surface area contributed by atoms with Crippen LogP contribution in [0, 0.1) is 0 Å². The summed E-state index contributed by atoms with van der Waals surface area (Å²) >= 11 is 1.46. The number of aryl methyl sites for hydroxylation is 1. The van der Waals surface area contributed by atoms with Gasteiger partial charge in [-0.1, -0.05) is 6.92 Å². The molecule has 2 N–H and O–H groups in total. The third-order valence-corrected chi connectivity index (χ3v) is 3.70. The molecule has 2 aromatic rings. The van der Waals surface area contributed by atoms with Gasteiger partial charge in [-0.3, -0.25) is 4.79 Å². The van der Waals surface area contributed by atoms with Gasteiger partial charge in [0.2, 0.25) is 0 Å². The monoisotopic (exact) mass is 305 g/mol. The van der Waals surface area contributed by atoms with Crippen molar-refractivity contribution in [3.05, 3.63) is 51.6 Å². The lowest BCUT2D eigenvalue weighted by Gasteiger charge is -2.00. The van der Waals surface area contributed by atoms with Crippen LogP contribution in [0.2, 0.25) is 0 Å². The van der Waals surface area contributed by atoms with E-state index in [2.05, 4.69) is 5.32 Å². The quantitative estimate of drug-likeness (QED) is 0.804. The van der Waals surface area contributed by atoms with E-state index in [1.54, 1.807) is 12.1 Å². The first-order valence-corrected chi connectivity index (χ1v) is 7.31. The normalized spacial score (nSPS) is 10.9. The summed E-state index contributed by atoms with van der Waals surface area (Å²) in [7, 11) is 0. The van der Waals surface area contributed by atoms with E-state index in [-0.39, 0.29) is 5.91 Å². The zero-order valence-corrected chi connectivity index (χ0v) is 12.3. The SMILES string of the molecule is CCc1ccc(C(=O)NCc2cc(C=CC(=O)O)cs2)o1. The number of carboxylic acid groups (broad SMARTS) is 1. The standard InChI is InChI=1S/C15H15NO4S/c1-2-11-4-5-13(20-11)15(19)16-8-12-7-10(9-21-12)3-6-14(17)18/h3-7,9H,2,8H2,1H3,(H,16,19)(H,17,18). The van der Waals surface area contributed by atoms with Crippen LogP contribution in [0.15, 0.2) is 34.1 Å². The Morgan fingerprint density at radius 3 is 2.90 bits per heavy atom. The van der Waals surface area contributed by atoms with E-state index in [1.807, 2.05) is 18.4 Å². The van der Waals surface area contributed by atoms with E-state index in [1.165, 1.54) is 17.4 Å². The number of carbonyl (C=O) groups is 2. The second-order valence-corrected chi connectivity index (χ2v) is 5.32. The van der Waals surface area contributed by atoms with Crippen molar-refractivity contribution in [3.8, 4) is 0 Å². The number of rotatable bonds is 6. The summed E-state index contributed by atoms with van der Waals surface area (Å²) in [4.78, 5) is 23.2. The Morgan fingerprint density at radius 1 is 1.43 bits per heavy atom. The molecule has 0 bridgehead atoms.